The zero-order valence-corrected chi connectivity index (χ0v) is 16.9. The molecule has 0 spiro atoms. The van der Waals surface area contributed by atoms with Crippen molar-refractivity contribution in [1.29, 1.82) is 0 Å². The molecule has 0 fully saturated rings. The molecule has 0 aliphatic rings. The second kappa shape index (κ2) is 8.99. The first-order valence-corrected chi connectivity index (χ1v) is 9.53. The van der Waals surface area contributed by atoms with Crippen LogP contribution in [0.5, 0.6) is 0 Å². The summed E-state index contributed by atoms with van der Waals surface area (Å²) in [6.45, 7) is -0.266. The summed E-state index contributed by atoms with van der Waals surface area (Å²) in [5.74, 6) is 1.36. The van der Waals surface area contributed by atoms with Crippen LogP contribution in [0.4, 0.5) is 14.6 Å². The molecule has 3 aromatic heterocycles. The number of nitrogens with zero attached hydrogens (tertiary/aromatic N) is 3. The fourth-order valence-electron chi connectivity index (χ4n) is 2.88. The quantitative estimate of drug-likeness (QED) is 0.441. The van der Waals surface area contributed by atoms with E-state index in [2.05, 4.69) is 36.1 Å². The van der Waals surface area contributed by atoms with E-state index < -0.39 is 6.61 Å². The minimum atomic E-state index is -2.73. The summed E-state index contributed by atoms with van der Waals surface area (Å²) < 4.78 is 36.2. The number of fused-ring (bicyclic) bond motifs is 1. The van der Waals surface area contributed by atoms with Crippen LogP contribution in [-0.2, 0) is 17.7 Å². The van der Waals surface area contributed by atoms with Crippen molar-refractivity contribution in [2.24, 2.45) is 0 Å². The Morgan fingerprint density at radius 3 is 2.93 bits per heavy atom. The summed E-state index contributed by atoms with van der Waals surface area (Å²) in [6, 6.07) is 3.68. The third-order valence-corrected chi connectivity index (χ3v) is 5.12. The zero-order chi connectivity index (χ0) is 19.4. The zero-order valence-electron chi connectivity index (χ0n) is 14.5. The van der Waals surface area contributed by atoms with Gasteiger partial charge in [0.15, 0.2) is 5.82 Å². The van der Waals surface area contributed by atoms with Gasteiger partial charge in [-0.2, -0.15) is 13.8 Å². The SMILES string of the molecule is Cc1c(CCCCOC(F)F)c(Br)n2nc(Cl)nc(NCc3ccco3)c12. The molecule has 0 atom stereocenters. The Hall–Kier alpha value is -1.71. The van der Waals surface area contributed by atoms with E-state index in [1.54, 1.807) is 10.8 Å². The topological polar surface area (TPSA) is 64.6 Å². The largest absolute Gasteiger partial charge is 0.467 e. The minimum absolute atomic E-state index is 0.0310. The van der Waals surface area contributed by atoms with Gasteiger partial charge in [0.1, 0.15) is 15.9 Å². The van der Waals surface area contributed by atoms with E-state index in [9.17, 15) is 8.78 Å². The molecule has 0 radical (unpaired) electrons. The lowest BCUT2D eigenvalue weighted by atomic mass is 10.1. The molecule has 0 aromatic carbocycles. The van der Waals surface area contributed by atoms with E-state index in [-0.39, 0.29) is 11.9 Å². The standard InChI is InChI=1S/C17H18BrClF2N4O2/c1-10-12(6-2-3-7-27-17(20)21)14(18)25-13(10)15(23-16(19)24-25)22-9-11-5-4-8-26-11/h4-5,8,17H,2-3,6-7,9H2,1H3,(H,22,23,24). The number of rotatable bonds is 9. The summed E-state index contributed by atoms with van der Waals surface area (Å²) in [7, 11) is 0. The Balaban J connectivity index is 1.80. The molecule has 27 heavy (non-hydrogen) atoms. The fourth-order valence-corrected chi connectivity index (χ4v) is 3.79. The number of anilines is 1. The van der Waals surface area contributed by atoms with Gasteiger partial charge in [0.05, 0.1) is 19.4 Å². The van der Waals surface area contributed by atoms with Gasteiger partial charge in [-0.05, 0) is 77.0 Å². The van der Waals surface area contributed by atoms with Crippen LogP contribution >= 0.6 is 27.5 Å². The average Bonchev–Trinajstić information content (AvgIpc) is 3.21. The first-order valence-electron chi connectivity index (χ1n) is 8.36. The molecule has 0 unspecified atom stereocenters. The van der Waals surface area contributed by atoms with Gasteiger partial charge in [-0.15, -0.1) is 5.10 Å². The smallest absolute Gasteiger partial charge is 0.345 e. The van der Waals surface area contributed by atoms with Crippen LogP contribution in [0.1, 0.15) is 29.7 Å². The van der Waals surface area contributed by atoms with E-state index in [0.29, 0.717) is 31.6 Å². The van der Waals surface area contributed by atoms with Crippen molar-refractivity contribution in [2.45, 2.75) is 39.3 Å². The van der Waals surface area contributed by atoms with Crippen LogP contribution in [0.2, 0.25) is 5.28 Å². The maximum atomic E-state index is 12.0. The van der Waals surface area contributed by atoms with Crippen LogP contribution in [0, 0.1) is 6.92 Å². The molecule has 10 heteroatoms. The van der Waals surface area contributed by atoms with Gasteiger partial charge in [-0.1, -0.05) is 0 Å². The van der Waals surface area contributed by atoms with Crippen molar-refractivity contribution in [3.63, 3.8) is 0 Å². The van der Waals surface area contributed by atoms with Crippen LogP contribution in [0.15, 0.2) is 27.4 Å². The molecular formula is C17H18BrClF2N4O2. The lowest BCUT2D eigenvalue weighted by Gasteiger charge is -2.07. The van der Waals surface area contributed by atoms with Gasteiger partial charge in [-0.3, -0.25) is 0 Å². The highest BCUT2D eigenvalue weighted by Crippen LogP contribution is 2.32. The molecule has 0 bridgehead atoms. The van der Waals surface area contributed by atoms with Gasteiger partial charge in [0, 0.05) is 0 Å². The lowest BCUT2D eigenvalue weighted by Crippen LogP contribution is -2.05. The van der Waals surface area contributed by atoms with Crippen LogP contribution in [-0.4, -0.2) is 27.8 Å². The molecule has 0 saturated carbocycles. The van der Waals surface area contributed by atoms with E-state index in [4.69, 9.17) is 16.0 Å². The predicted molar refractivity (Wildman–Crippen MR) is 101 cm³/mol. The number of furan rings is 1. The maximum absolute atomic E-state index is 12.0. The predicted octanol–water partition coefficient (Wildman–Crippen LogP) is 5.22. The molecule has 3 heterocycles. The Labute approximate surface area is 168 Å². The van der Waals surface area contributed by atoms with Gasteiger partial charge in [0.25, 0.3) is 0 Å². The van der Waals surface area contributed by atoms with Crippen molar-refractivity contribution < 1.29 is 17.9 Å². The Kier molecular flexibility index (Phi) is 6.67. The Bertz CT molecular complexity index is 902. The van der Waals surface area contributed by atoms with Gasteiger partial charge in [0.2, 0.25) is 5.28 Å². The molecule has 1 N–H and O–H groups in total. The van der Waals surface area contributed by atoms with Crippen molar-refractivity contribution in [3.8, 4) is 0 Å². The van der Waals surface area contributed by atoms with Gasteiger partial charge < -0.3 is 14.5 Å². The summed E-state index contributed by atoms with van der Waals surface area (Å²) in [6.07, 6.45) is 3.55. The Morgan fingerprint density at radius 2 is 2.22 bits per heavy atom. The van der Waals surface area contributed by atoms with E-state index in [0.717, 1.165) is 27.0 Å². The molecule has 0 aliphatic carbocycles. The third-order valence-electron chi connectivity index (χ3n) is 4.14. The van der Waals surface area contributed by atoms with E-state index in [1.165, 1.54) is 0 Å². The first kappa shape index (κ1) is 20.0. The van der Waals surface area contributed by atoms with Crippen molar-refractivity contribution in [3.05, 3.63) is 45.2 Å². The molecule has 0 aliphatic heterocycles. The number of hydrogen-bond donors (Lipinski definition) is 1. The third kappa shape index (κ3) is 4.77. The fraction of sp³-hybridized carbons (Fsp3) is 0.412. The molecule has 0 amide bonds. The van der Waals surface area contributed by atoms with Crippen molar-refractivity contribution in [2.75, 3.05) is 11.9 Å². The van der Waals surface area contributed by atoms with Crippen LogP contribution in [0.3, 0.4) is 0 Å². The summed E-state index contributed by atoms with van der Waals surface area (Å²) in [5, 5.41) is 7.60. The number of nitrogens with one attached hydrogen (secondary N) is 1. The Morgan fingerprint density at radius 1 is 1.41 bits per heavy atom. The van der Waals surface area contributed by atoms with Crippen molar-refractivity contribution >= 4 is 38.9 Å². The van der Waals surface area contributed by atoms with Gasteiger partial charge in [-0.25, -0.2) is 4.52 Å². The molecule has 3 aromatic rings. The number of halogens is 4. The number of hydrogen-bond acceptors (Lipinski definition) is 5. The van der Waals surface area contributed by atoms with Crippen LogP contribution < -0.4 is 5.32 Å². The second-order valence-corrected chi connectivity index (χ2v) is 6.99. The van der Waals surface area contributed by atoms with Crippen molar-refractivity contribution in [1.82, 2.24) is 14.6 Å². The highest BCUT2D eigenvalue weighted by molar-refractivity contribution is 9.10. The molecule has 6 nitrogen and oxygen atoms in total. The highest BCUT2D eigenvalue weighted by Gasteiger charge is 2.19. The molecule has 146 valence electrons. The number of unbranched alkanes of at least 4 members (excludes halogenated alkanes) is 1. The normalized spacial score (nSPS) is 11.6. The maximum Gasteiger partial charge on any atom is 0.345 e. The van der Waals surface area contributed by atoms with E-state index in [1.807, 2.05) is 19.1 Å². The average molecular weight is 464 g/mol. The highest BCUT2D eigenvalue weighted by atomic mass is 79.9. The summed E-state index contributed by atoms with van der Waals surface area (Å²) >= 11 is 9.65. The van der Waals surface area contributed by atoms with Gasteiger partial charge >= 0.3 is 6.61 Å². The monoisotopic (exact) mass is 462 g/mol. The lowest BCUT2D eigenvalue weighted by molar-refractivity contribution is -0.129. The summed E-state index contributed by atoms with van der Waals surface area (Å²) in [5.41, 5.74) is 2.83. The molecule has 3 rings (SSSR count). The number of aryl methyl sites for hydroxylation is 1. The number of alkyl halides is 2. The summed E-state index contributed by atoms with van der Waals surface area (Å²) in [4.78, 5) is 4.30. The minimum Gasteiger partial charge on any atom is -0.467 e. The first-order chi connectivity index (χ1) is 13.0. The second-order valence-electron chi connectivity index (χ2n) is 5.91. The molecule has 0 saturated heterocycles. The number of ether oxygens (including phenoxy) is 1. The van der Waals surface area contributed by atoms with Crippen LogP contribution in [0.25, 0.3) is 5.52 Å². The van der Waals surface area contributed by atoms with E-state index >= 15 is 0 Å². The molecular weight excluding hydrogens is 446 g/mol. The number of aromatic nitrogens is 3.